The summed E-state index contributed by atoms with van der Waals surface area (Å²) >= 11 is 0. The van der Waals surface area contributed by atoms with Crippen molar-refractivity contribution in [2.45, 2.75) is 6.61 Å². The predicted octanol–water partition coefficient (Wildman–Crippen LogP) is 3.00. The highest BCUT2D eigenvalue weighted by molar-refractivity contribution is 5.97. The Balaban J connectivity index is 1.96. The number of alkyl halides is 2. The van der Waals surface area contributed by atoms with E-state index in [0.29, 0.717) is 0 Å². The Labute approximate surface area is 157 Å². The maximum absolute atomic E-state index is 12.1. The van der Waals surface area contributed by atoms with Crippen LogP contribution in [0.5, 0.6) is 11.5 Å². The summed E-state index contributed by atoms with van der Waals surface area (Å²) in [5.41, 5.74) is -0.295. The highest BCUT2D eigenvalue weighted by atomic mass is 19.3. The number of anilines is 1. The summed E-state index contributed by atoms with van der Waals surface area (Å²) in [6, 6.07) is 8.45. The maximum atomic E-state index is 12.1. The van der Waals surface area contributed by atoms with Gasteiger partial charge in [-0.1, -0.05) is 0 Å². The first-order chi connectivity index (χ1) is 13.3. The number of hydrogen-bond donors (Lipinski definition) is 1. The molecule has 0 aliphatic carbocycles. The van der Waals surface area contributed by atoms with Gasteiger partial charge in [-0.05, 0) is 30.3 Å². The number of nitrogens with one attached hydrogen (secondary N) is 1. The lowest BCUT2D eigenvalue weighted by Crippen LogP contribution is -2.21. The number of methoxy groups -OCH3 is 1. The topological polar surface area (TPSA) is 117 Å². The Hall–Kier alpha value is -3.76. The highest BCUT2D eigenvalue weighted by Gasteiger charge is 2.19. The molecule has 0 saturated heterocycles. The van der Waals surface area contributed by atoms with Crippen molar-refractivity contribution in [2.75, 3.05) is 19.0 Å². The predicted molar refractivity (Wildman–Crippen MR) is 91.6 cm³/mol. The van der Waals surface area contributed by atoms with Crippen LogP contribution >= 0.6 is 0 Å². The van der Waals surface area contributed by atoms with E-state index in [1.807, 2.05) is 0 Å². The van der Waals surface area contributed by atoms with Crippen molar-refractivity contribution in [3.05, 3.63) is 58.1 Å². The first-order valence-electron chi connectivity index (χ1n) is 7.64. The second-order valence-electron chi connectivity index (χ2n) is 5.17. The van der Waals surface area contributed by atoms with Crippen LogP contribution in [0.25, 0.3) is 0 Å². The van der Waals surface area contributed by atoms with Crippen LogP contribution in [0.1, 0.15) is 10.4 Å². The zero-order chi connectivity index (χ0) is 20.7. The molecule has 9 nitrogen and oxygen atoms in total. The average Bonchev–Trinajstić information content (AvgIpc) is 2.66. The van der Waals surface area contributed by atoms with Gasteiger partial charge in [0.15, 0.2) is 6.61 Å². The first-order valence-corrected chi connectivity index (χ1v) is 7.64. The molecule has 28 heavy (non-hydrogen) atoms. The summed E-state index contributed by atoms with van der Waals surface area (Å²) < 4.78 is 38.1. The van der Waals surface area contributed by atoms with Gasteiger partial charge < -0.3 is 19.5 Å². The van der Waals surface area contributed by atoms with E-state index in [9.17, 15) is 28.5 Å². The van der Waals surface area contributed by atoms with Crippen molar-refractivity contribution in [2.24, 2.45) is 0 Å². The van der Waals surface area contributed by atoms with Crippen molar-refractivity contribution < 1.29 is 37.5 Å². The van der Waals surface area contributed by atoms with Crippen LogP contribution in [-0.2, 0) is 9.53 Å². The minimum absolute atomic E-state index is 0.0469. The fourth-order valence-corrected chi connectivity index (χ4v) is 2.09. The number of ether oxygens (including phenoxy) is 3. The smallest absolute Gasteiger partial charge is 0.387 e. The average molecular weight is 396 g/mol. The summed E-state index contributed by atoms with van der Waals surface area (Å²) in [6.07, 6.45) is 0. The molecule has 0 unspecified atom stereocenters. The van der Waals surface area contributed by atoms with Crippen LogP contribution < -0.4 is 14.8 Å². The fourth-order valence-electron chi connectivity index (χ4n) is 2.09. The molecule has 2 aromatic carbocycles. The van der Waals surface area contributed by atoms with E-state index in [0.717, 1.165) is 12.1 Å². The molecule has 0 aromatic heterocycles. The number of carbonyl (C=O) groups is 2. The standard InChI is InChI=1S/C17H14F2N2O7/c1-26-14-7-4-11(21(24)25)8-13(14)16(23)27-9-15(22)20-10-2-5-12(6-3-10)28-17(18)19/h2-8,17H,9H2,1H3,(H,20,22). The molecule has 0 aliphatic rings. The van der Waals surface area contributed by atoms with E-state index >= 15 is 0 Å². The zero-order valence-electron chi connectivity index (χ0n) is 14.4. The van der Waals surface area contributed by atoms with Crippen LogP contribution in [0, 0.1) is 10.1 Å². The highest BCUT2D eigenvalue weighted by Crippen LogP contribution is 2.24. The molecular weight excluding hydrogens is 382 g/mol. The van der Waals surface area contributed by atoms with E-state index in [2.05, 4.69) is 10.1 Å². The molecule has 0 spiro atoms. The molecule has 2 aromatic rings. The summed E-state index contributed by atoms with van der Waals surface area (Å²) in [5, 5.41) is 13.2. The number of amides is 1. The molecule has 1 amide bonds. The summed E-state index contributed by atoms with van der Waals surface area (Å²) in [7, 11) is 1.27. The van der Waals surface area contributed by atoms with Gasteiger partial charge in [0.1, 0.15) is 17.1 Å². The van der Waals surface area contributed by atoms with Crippen molar-refractivity contribution in [3.63, 3.8) is 0 Å². The fraction of sp³-hybridized carbons (Fsp3) is 0.176. The minimum Gasteiger partial charge on any atom is -0.496 e. The number of hydrogen-bond acceptors (Lipinski definition) is 7. The zero-order valence-corrected chi connectivity index (χ0v) is 14.4. The lowest BCUT2D eigenvalue weighted by Gasteiger charge is -2.10. The van der Waals surface area contributed by atoms with Gasteiger partial charge in [0.25, 0.3) is 11.6 Å². The Morgan fingerprint density at radius 1 is 1.18 bits per heavy atom. The lowest BCUT2D eigenvalue weighted by atomic mass is 10.2. The number of non-ortho nitro benzene ring substituents is 1. The van der Waals surface area contributed by atoms with Gasteiger partial charge in [-0.3, -0.25) is 14.9 Å². The Kier molecular flexibility index (Phi) is 6.79. The molecule has 0 aliphatic heterocycles. The van der Waals surface area contributed by atoms with Crippen molar-refractivity contribution in [1.82, 2.24) is 0 Å². The van der Waals surface area contributed by atoms with Crippen LogP contribution in [0.4, 0.5) is 20.2 Å². The lowest BCUT2D eigenvalue weighted by molar-refractivity contribution is -0.384. The van der Waals surface area contributed by atoms with Crippen LogP contribution in [0.3, 0.4) is 0 Å². The van der Waals surface area contributed by atoms with E-state index in [1.54, 1.807) is 0 Å². The maximum Gasteiger partial charge on any atom is 0.387 e. The second-order valence-corrected chi connectivity index (χ2v) is 5.17. The Morgan fingerprint density at radius 2 is 1.86 bits per heavy atom. The number of esters is 1. The van der Waals surface area contributed by atoms with Gasteiger partial charge in [-0.2, -0.15) is 8.78 Å². The molecule has 0 radical (unpaired) electrons. The molecular formula is C17H14F2N2O7. The number of halogens is 2. The van der Waals surface area contributed by atoms with E-state index in [1.165, 1.54) is 37.4 Å². The summed E-state index contributed by atoms with van der Waals surface area (Å²) in [6.45, 7) is -3.65. The normalized spacial score (nSPS) is 10.3. The van der Waals surface area contributed by atoms with Crippen LogP contribution in [-0.4, -0.2) is 37.1 Å². The van der Waals surface area contributed by atoms with Crippen molar-refractivity contribution in [1.29, 1.82) is 0 Å². The number of benzene rings is 2. The third kappa shape index (κ3) is 5.62. The van der Waals surface area contributed by atoms with E-state index in [-0.39, 0.29) is 28.4 Å². The molecule has 0 bridgehead atoms. The first kappa shape index (κ1) is 20.6. The molecule has 2 rings (SSSR count). The number of nitro benzene ring substituents is 1. The van der Waals surface area contributed by atoms with Crippen LogP contribution in [0.2, 0.25) is 0 Å². The quantitative estimate of drug-likeness (QED) is 0.414. The third-order valence-electron chi connectivity index (χ3n) is 3.31. The van der Waals surface area contributed by atoms with Gasteiger partial charge in [0, 0.05) is 17.8 Å². The largest absolute Gasteiger partial charge is 0.496 e. The molecule has 0 atom stereocenters. The SMILES string of the molecule is COc1ccc([N+](=O)[O-])cc1C(=O)OCC(=O)Nc1ccc(OC(F)F)cc1. The molecule has 148 valence electrons. The van der Waals surface area contributed by atoms with Crippen molar-refractivity contribution >= 4 is 23.3 Å². The number of nitro groups is 1. The molecule has 0 heterocycles. The number of nitrogens with zero attached hydrogens (tertiary/aromatic N) is 1. The second kappa shape index (κ2) is 9.26. The third-order valence-corrected chi connectivity index (χ3v) is 3.31. The summed E-state index contributed by atoms with van der Waals surface area (Å²) in [5.74, 6) is -1.74. The molecule has 11 heteroatoms. The monoisotopic (exact) mass is 396 g/mol. The van der Waals surface area contributed by atoms with Crippen LogP contribution in [0.15, 0.2) is 42.5 Å². The van der Waals surface area contributed by atoms with Gasteiger partial charge in [-0.25, -0.2) is 4.79 Å². The molecule has 0 saturated carbocycles. The van der Waals surface area contributed by atoms with E-state index < -0.39 is 30.0 Å². The van der Waals surface area contributed by atoms with Crippen molar-refractivity contribution in [3.8, 4) is 11.5 Å². The Morgan fingerprint density at radius 3 is 2.43 bits per heavy atom. The van der Waals surface area contributed by atoms with Gasteiger partial charge in [0.2, 0.25) is 0 Å². The molecule has 1 N–H and O–H groups in total. The number of rotatable bonds is 8. The van der Waals surface area contributed by atoms with E-state index in [4.69, 9.17) is 9.47 Å². The summed E-state index contributed by atoms with van der Waals surface area (Å²) in [4.78, 5) is 34.1. The number of carbonyl (C=O) groups excluding carboxylic acids is 2. The van der Waals surface area contributed by atoms with Gasteiger partial charge >= 0.3 is 12.6 Å². The van der Waals surface area contributed by atoms with Gasteiger partial charge in [-0.15, -0.1) is 0 Å². The van der Waals surface area contributed by atoms with Gasteiger partial charge in [0.05, 0.1) is 12.0 Å². The minimum atomic E-state index is -2.97. The Bertz CT molecular complexity index is 872. The molecule has 0 fully saturated rings.